The van der Waals surface area contributed by atoms with E-state index in [1.165, 1.54) is 25.3 Å². The molecule has 0 radical (unpaired) electrons. The zero-order valence-electron chi connectivity index (χ0n) is 14.9. The normalized spacial score (nSPS) is 10.4. The highest BCUT2D eigenvalue weighted by Crippen LogP contribution is 2.18. The van der Waals surface area contributed by atoms with Crippen LogP contribution in [0.2, 0.25) is 0 Å². The molecule has 0 saturated heterocycles. The van der Waals surface area contributed by atoms with Gasteiger partial charge in [0.25, 0.3) is 5.69 Å². The lowest BCUT2D eigenvalue weighted by Gasteiger charge is -2.23. The van der Waals surface area contributed by atoms with Crippen LogP contribution in [0.1, 0.15) is 11.1 Å². The van der Waals surface area contributed by atoms with Crippen molar-refractivity contribution in [1.29, 1.82) is 5.26 Å². The highest BCUT2D eigenvalue weighted by Gasteiger charge is 2.08. The van der Waals surface area contributed by atoms with E-state index < -0.39 is 10.9 Å². The molecule has 0 bridgehead atoms. The first-order valence-electron chi connectivity index (χ1n) is 8.26. The summed E-state index contributed by atoms with van der Waals surface area (Å²) < 4.78 is 4.59. The number of anilines is 1. The summed E-state index contributed by atoms with van der Waals surface area (Å²) in [5, 5.41) is 19.9. The van der Waals surface area contributed by atoms with Gasteiger partial charge in [0.05, 0.1) is 23.7 Å². The molecule has 0 atom stereocenters. The molecule has 2 aromatic carbocycles. The largest absolute Gasteiger partial charge is 0.466 e. The molecular weight excluding hydrogens is 346 g/mol. The van der Waals surface area contributed by atoms with E-state index in [0.717, 1.165) is 11.3 Å². The molecule has 27 heavy (non-hydrogen) atoms. The SMILES string of the molecule is COC(=O)C=CCN(CCc1ccc([N+](=O)[O-])cc1)c1cccc(C#N)c1. The number of hydrogen-bond acceptors (Lipinski definition) is 6. The van der Waals surface area contributed by atoms with E-state index in [4.69, 9.17) is 5.26 Å². The van der Waals surface area contributed by atoms with Crippen molar-refractivity contribution in [3.05, 3.63) is 81.9 Å². The summed E-state index contributed by atoms with van der Waals surface area (Å²) in [6.07, 6.45) is 3.70. The lowest BCUT2D eigenvalue weighted by atomic mass is 10.1. The van der Waals surface area contributed by atoms with E-state index in [1.54, 1.807) is 36.4 Å². The second kappa shape index (κ2) is 9.73. The van der Waals surface area contributed by atoms with Crippen LogP contribution in [0.4, 0.5) is 11.4 Å². The molecule has 0 spiro atoms. The van der Waals surface area contributed by atoms with Crippen molar-refractivity contribution < 1.29 is 14.5 Å². The first-order valence-corrected chi connectivity index (χ1v) is 8.26. The van der Waals surface area contributed by atoms with Crippen molar-refractivity contribution in [3.63, 3.8) is 0 Å². The number of ether oxygens (including phenoxy) is 1. The van der Waals surface area contributed by atoms with E-state index >= 15 is 0 Å². The van der Waals surface area contributed by atoms with Crippen molar-refractivity contribution in [1.82, 2.24) is 0 Å². The van der Waals surface area contributed by atoms with Crippen molar-refractivity contribution in [3.8, 4) is 6.07 Å². The molecule has 0 N–H and O–H groups in total. The van der Waals surface area contributed by atoms with E-state index in [9.17, 15) is 14.9 Å². The Morgan fingerprint density at radius 1 is 1.30 bits per heavy atom. The van der Waals surface area contributed by atoms with Crippen molar-refractivity contribution >= 4 is 17.3 Å². The van der Waals surface area contributed by atoms with Crippen LogP contribution in [0.3, 0.4) is 0 Å². The van der Waals surface area contributed by atoms with Crippen LogP contribution in [0.25, 0.3) is 0 Å². The average molecular weight is 365 g/mol. The predicted octanol–water partition coefficient (Wildman–Crippen LogP) is 3.24. The van der Waals surface area contributed by atoms with Gasteiger partial charge in [0.15, 0.2) is 0 Å². The standard InChI is InChI=1S/C20H19N3O4/c1-27-20(24)6-3-12-22(19-5-2-4-17(14-19)15-21)13-11-16-7-9-18(10-8-16)23(25)26/h2-10,14H,11-13H2,1H3. The summed E-state index contributed by atoms with van der Waals surface area (Å²) in [5.41, 5.74) is 2.41. The molecule has 0 aliphatic rings. The van der Waals surface area contributed by atoms with Gasteiger partial charge in [-0.2, -0.15) is 5.26 Å². The Hall–Kier alpha value is -3.66. The molecule has 0 heterocycles. The maximum Gasteiger partial charge on any atom is 0.330 e. The Balaban J connectivity index is 2.13. The number of carbonyl (C=O) groups is 1. The number of non-ortho nitro benzene ring substituents is 1. The zero-order valence-corrected chi connectivity index (χ0v) is 14.9. The van der Waals surface area contributed by atoms with E-state index in [2.05, 4.69) is 10.8 Å². The number of hydrogen-bond donors (Lipinski definition) is 0. The number of nitriles is 1. The van der Waals surface area contributed by atoms with Crippen LogP contribution >= 0.6 is 0 Å². The van der Waals surface area contributed by atoms with Gasteiger partial charge in [-0.1, -0.05) is 24.3 Å². The van der Waals surface area contributed by atoms with Gasteiger partial charge < -0.3 is 9.64 Å². The second-order valence-corrected chi connectivity index (χ2v) is 5.71. The fraction of sp³-hybridized carbons (Fsp3) is 0.200. The van der Waals surface area contributed by atoms with Gasteiger partial charge in [-0.3, -0.25) is 10.1 Å². The molecule has 0 aromatic heterocycles. The van der Waals surface area contributed by atoms with Crippen LogP contribution < -0.4 is 4.90 Å². The fourth-order valence-electron chi connectivity index (χ4n) is 2.49. The third-order valence-corrected chi connectivity index (χ3v) is 3.94. The number of nitrogens with zero attached hydrogens (tertiary/aromatic N) is 3. The van der Waals surface area contributed by atoms with Gasteiger partial charge in [-0.05, 0) is 30.2 Å². The van der Waals surface area contributed by atoms with Gasteiger partial charge in [-0.15, -0.1) is 0 Å². The van der Waals surface area contributed by atoms with Crippen molar-refractivity contribution in [2.24, 2.45) is 0 Å². The molecule has 0 saturated carbocycles. The summed E-state index contributed by atoms with van der Waals surface area (Å²) >= 11 is 0. The number of methoxy groups -OCH3 is 1. The Morgan fingerprint density at radius 2 is 2.04 bits per heavy atom. The minimum absolute atomic E-state index is 0.0540. The van der Waals surface area contributed by atoms with Crippen LogP contribution in [0.15, 0.2) is 60.7 Å². The number of nitro groups is 1. The van der Waals surface area contributed by atoms with Gasteiger partial charge in [0.1, 0.15) is 0 Å². The van der Waals surface area contributed by atoms with Crippen molar-refractivity contribution in [2.75, 3.05) is 25.1 Å². The van der Waals surface area contributed by atoms with Crippen LogP contribution in [0.5, 0.6) is 0 Å². The molecule has 2 aromatic rings. The Labute approximate surface area is 157 Å². The van der Waals surface area contributed by atoms with Gasteiger partial charge >= 0.3 is 5.97 Å². The first kappa shape index (κ1) is 19.7. The number of esters is 1. The summed E-state index contributed by atoms with van der Waals surface area (Å²) in [6, 6.07) is 15.7. The van der Waals surface area contributed by atoms with Gasteiger partial charge in [0.2, 0.25) is 0 Å². The molecule has 138 valence electrons. The topological polar surface area (TPSA) is 96.5 Å². The lowest BCUT2D eigenvalue weighted by Crippen LogP contribution is -2.26. The molecule has 7 nitrogen and oxygen atoms in total. The van der Waals surface area contributed by atoms with Crippen LogP contribution in [0, 0.1) is 21.4 Å². The molecule has 0 amide bonds. The van der Waals surface area contributed by atoms with Crippen molar-refractivity contribution in [2.45, 2.75) is 6.42 Å². The van der Waals surface area contributed by atoms with E-state index in [1.807, 2.05) is 11.0 Å². The first-order chi connectivity index (χ1) is 13.0. The van der Waals surface area contributed by atoms with E-state index in [-0.39, 0.29) is 5.69 Å². The van der Waals surface area contributed by atoms with Crippen LogP contribution in [-0.4, -0.2) is 31.1 Å². The van der Waals surface area contributed by atoms with E-state index in [0.29, 0.717) is 25.1 Å². The maximum absolute atomic E-state index is 11.3. The quantitative estimate of drug-likeness (QED) is 0.308. The molecule has 0 aliphatic heterocycles. The predicted molar refractivity (Wildman–Crippen MR) is 101 cm³/mol. The third-order valence-electron chi connectivity index (χ3n) is 3.94. The zero-order chi connectivity index (χ0) is 19.6. The molecule has 7 heteroatoms. The Bertz CT molecular complexity index is 870. The summed E-state index contributed by atoms with van der Waals surface area (Å²) in [4.78, 5) is 23.6. The number of carbonyl (C=O) groups excluding carboxylic acids is 1. The minimum atomic E-state index is -0.434. The van der Waals surface area contributed by atoms with Gasteiger partial charge in [-0.25, -0.2) is 4.79 Å². The number of nitro benzene ring substituents is 1. The Morgan fingerprint density at radius 3 is 2.67 bits per heavy atom. The second-order valence-electron chi connectivity index (χ2n) is 5.71. The fourth-order valence-corrected chi connectivity index (χ4v) is 2.49. The monoisotopic (exact) mass is 365 g/mol. The summed E-state index contributed by atoms with van der Waals surface area (Å²) in [6.45, 7) is 1.06. The molecular formula is C20H19N3O4. The molecule has 0 fully saturated rings. The number of benzene rings is 2. The molecule has 2 rings (SSSR count). The maximum atomic E-state index is 11.3. The Kier molecular flexibility index (Phi) is 7.08. The summed E-state index contributed by atoms with van der Waals surface area (Å²) in [5.74, 6) is -0.434. The van der Waals surface area contributed by atoms with Gasteiger partial charge in [0, 0.05) is 37.0 Å². The summed E-state index contributed by atoms with van der Waals surface area (Å²) in [7, 11) is 1.31. The lowest BCUT2D eigenvalue weighted by molar-refractivity contribution is -0.384. The highest BCUT2D eigenvalue weighted by molar-refractivity contribution is 5.81. The average Bonchev–Trinajstić information content (AvgIpc) is 2.70. The molecule has 0 unspecified atom stereocenters. The minimum Gasteiger partial charge on any atom is -0.466 e. The highest BCUT2D eigenvalue weighted by atomic mass is 16.6. The molecule has 0 aliphatic carbocycles. The number of rotatable bonds is 8. The smallest absolute Gasteiger partial charge is 0.330 e. The third kappa shape index (κ3) is 5.97. The van der Waals surface area contributed by atoms with Crippen LogP contribution in [-0.2, 0) is 16.0 Å².